The van der Waals surface area contributed by atoms with Crippen molar-refractivity contribution in [3.63, 3.8) is 0 Å². The van der Waals surface area contributed by atoms with E-state index < -0.39 is 5.63 Å². The summed E-state index contributed by atoms with van der Waals surface area (Å²) in [5.41, 5.74) is 9.40. The quantitative estimate of drug-likeness (QED) is 0.0429. The molecule has 5 radical (unpaired) electrons. The summed E-state index contributed by atoms with van der Waals surface area (Å²) in [6.45, 7) is 11.4. The number of allylic oxidation sites excluding steroid dienone is 8. The average molecular weight is 2610 g/mol. The number of anilines is 1. The van der Waals surface area contributed by atoms with Gasteiger partial charge in [-0.15, -0.1) is 81.9 Å². The van der Waals surface area contributed by atoms with Crippen molar-refractivity contribution in [3.8, 4) is 54.9 Å². The molecular formula is C103H86Ir5N7O10S2-5. The molecular weight excluding hydrogens is 2520 g/mol. The van der Waals surface area contributed by atoms with Gasteiger partial charge in [0.25, 0.3) is 5.63 Å². The summed E-state index contributed by atoms with van der Waals surface area (Å²) in [7, 11) is 3.89. The Hall–Kier alpha value is -11.8. The van der Waals surface area contributed by atoms with Crippen LogP contribution in [0.15, 0.2) is 348 Å². The number of aliphatic hydroxyl groups excluding tert-OH is 4. The van der Waals surface area contributed by atoms with Crippen molar-refractivity contribution in [3.05, 3.63) is 379 Å². The molecule has 0 saturated carbocycles. The van der Waals surface area contributed by atoms with Crippen LogP contribution in [0, 0.1) is 30.3 Å². The van der Waals surface area contributed by atoms with Gasteiger partial charge >= 0.3 is 0 Å². The molecule has 0 spiro atoms. The molecule has 0 saturated heterocycles. The van der Waals surface area contributed by atoms with E-state index in [4.69, 9.17) is 24.8 Å². The van der Waals surface area contributed by atoms with Crippen LogP contribution in [0.5, 0.6) is 0 Å². The Morgan fingerprint density at radius 2 is 0.874 bits per heavy atom. The summed E-state index contributed by atoms with van der Waals surface area (Å²) in [6.07, 6.45) is 15.6. The second-order valence-electron chi connectivity index (χ2n) is 27.6. The molecule has 0 atom stereocenters. The molecule has 0 aliphatic heterocycles. The van der Waals surface area contributed by atoms with Crippen molar-refractivity contribution in [1.82, 2.24) is 29.9 Å². The molecule has 17 nitrogen and oxygen atoms in total. The number of nitrogens with zero attached hydrogens (tertiary/aromatic N) is 7. The van der Waals surface area contributed by atoms with E-state index >= 15 is 0 Å². The molecule has 655 valence electrons. The van der Waals surface area contributed by atoms with Crippen LogP contribution in [0.3, 0.4) is 0 Å². The number of carbonyl (C=O) groups excluding carboxylic acids is 4. The molecule has 4 N–H and O–H groups in total. The molecule has 0 bridgehead atoms. The molecule has 24 heteroatoms. The van der Waals surface area contributed by atoms with Gasteiger partial charge in [0.1, 0.15) is 0 Å². The summed E-state index contributed by atoms with van der Waals surface area (Å²) >= 11 is 3.14. The first kappa shape index (κ1) is 106. The number of fused-ring (bicyclic) bond motifs is 8. The second-order valence-corrected chi connectivity index (χ2v) is 29.5. The number of aliphatic hydroxyl groups is 4. The smallest absolute Gasteiger partial charge is 0.269 e. The van der Waals surface area contributed by atoms with E-state index in [9.17, 15) is 24.0 Å². The fourth-order valence-electron chi connectivity index (χ4n) is 12.3. The predicted octanol–water partition coefficient (Wildman–Crippen LogP) is 24.6. The number of thiazole rings is 1. The third kappa shape index (κ3) is 32.2. The Kier molecular flexibility index (Phi) is 44.6. The maximum atomic E-state index is 12.3. The molecule has 10 aromatic carbocycles. The van der Waals surface area contributed by atoms with Crippen molar-refractivity contribution in [1.29, 1.82) is 0 Å². The van der Waals surface area contributed by atoms with E-state index in [2.05, 4.69) is 188 Å². The third-order valence-corrected chi connectivity index (χ3v) is 19.3. The van der Waals surface area contributed by atoms with Gasteiger partial charge in [0.15, 0.2) is 23.1 Å². The number of benzene rings is 10. The van der Waals surface area contributed by atoms with Gasteiger partial charge in [0, 0.05) is 174 Å². The van der Waals surface area contributed by atoms with Crippen molar-refractivity contribution in [2.45, 2.75) is 55.4 Å². The van der Waals surface area contributed by atoms with E-state index in [1.165, 1.54) is 145 Å². The van der Waals surface area contributed by atoms with E-state index in [0.717, 1.165) is 76.4 Å². The van der Waals surface area contributed by atoms with Crippen LogP contribution in [0.2, 0.25) is 0 Å². The summed E-state index contributed by atoms with van der Waals surface area (Å²) in [5.74, 6) is -0.250. The molecule has 8 heterocycles. The molecule has 0 fully saturated rings. The number of thiophene rings is 1. The predicted molar refractivity (Wildman–Crippen MR) is 497 cm³/mol. The molecule has 127 heavy (non-hydrogen) atoms. The first-order chi connectivity index (χ1) is 58.8. The van der Waals surface area contributed by atoms with Crippen LogP contribution < -0.4 is 10.5 Å². The monoisotopic (exact) mass is 2610 g/mol. The summed E-state index contributed by atoms with van der Waals surface area (Å²) in [5, 5.41) is 51.2. The van der Waals surface area contributed by atoms with Crippen LogP contribution in [-0.4, -0.2) is 87.6 Å². The van der Waals surface area contributed by atoms with E-state index in [1.54, 1.807) is 23.7 Å². The number of hydrogen-bond donors (Lipinski definition) is 4. The minimum Gasteiger partial charge on any atom is -0.512 e. The zero-order valence-corrected chi connectivity index (χ0v) is 84.0. The van der Waals surface area contributed by atoms with Crippen LogP contribution in [0.4, 0.5) is 5.69 Å². The van der Waals surface area contributed by atoms with Crippen LogP contribution >= 0.6 is 22.7 Å². The third-order valence-electron chi connectivity index (χ3n) is 17.4. The Labute approximate surface area is 812 Å². The average Bonchev–Trinajstić information content (AvgIpc) is 1.63. The van der Waals surface area contributed by atoms with Gasteiger partial charge in [-0.3, -0.25) is 33.9 Å². The fraction of sp³-hybridized carbons (Fsp3) is 0.0971. The summed E-state index contributed by atoms with van der Waals surface area (Å²) in [6, 6.07) is 99.8. The number of rotatable bonds is 10. The first-order valence-corrected chi connectivity index (χ1v) is 40.0. The Balaban J connectivity index is 0.000000261. The van der Waals surface area contributed by atoms with Crippen molar-refractivity contribution in [2.75, 3.05) is 19.0 Å². The van der Waals surface area contributed by atoms with Crippen LogP contribution in [0.1, 0.15) is 55.4 Å². The fourth-order valence-corrected chi connectivity index (χ4v) is 13.9. The van der Waals surface area contributed by atoms with E-state index in [0.29, 0.717) is 16.2 Å². The van der Waals surface area contributed by atoms with Crippen LogP contribution in [-0.2, 0) is 120 Å². The minimum atomic E-state index is -0.410. The Morgan fingerprint density at radius 3 is 1.35 bits per heavy atom. The van der Waals surface area contributed by atoms with Crippen LogP contribution in [0.25, 0.3) is 141 Å². The van der Waals surface area contributed by atoms with Crippen molar-refractivity contribution < 1.29 is 145 Å². The summed E-state index contributed by atoms with van der Waals surface area (Å²) < 4.78 is 6.53. The number of para-hydroxylation sites is 1. The van der Waals surface area contributed by atoms with Crippen molar-refractivity contribution >= 4 is 137 Å². The maximum Gasteiger partial charge on any atom is 0.269 e. The van der Waals surface area contributed by atoms with Gasteiger partial charge in [0.05, 0.1) is 39.1 Å². The minimum absolute atomic E-state index is 0. The molecule has 0 amide bonds. The zero-order chi connectivity index (χ0) is 87.0. The molecule has 0 unspecified atom stereocenters. The standard InChI is InChI=1S/2C19H12N.C18H13N2O2S.C14H9N2.C13H8NS.4C5H8O2.5Ir/c1-2-8-16-13-20-19(12-15(16)7-1)18-11-5-9-14-6-3-4-10-17(14)18;1-2-7-16-13-17(10-9-14(16)5-1)19-18-8-4-3-6-15(18)11-12-20-19;1-20(2)12-8-7-11-9-13(18(21)22-15(11)10-12)17-19-14-5-3-4-6-16(14)23-17;1-2-4-13-11(3-1)7-10-16-14(13)12-5-8-15-9-6-12;1-2-5-11-10(4-1)7-8-14-13(11)12-6-3-9-15-12;4*1-4(6)3-5(2)7;;;;;/h1-10,12-13H;1-9,11-13H;3-8,10H,1-2H3;1-5,7-10H;1-5,7-9H;4*3,6H,1-2H3;;;;;/q5*-1;;;;;;;;;. The normalized spacial score (nSPS) is 10.6. The molecule has 8 aromatic heterocycles. The first-order valence-electron chi connectivity index (χ1n) is 38.3. The maximum absolute atomic E-state index is 12.3. The van der Waals surface area contributed by atoms with E-state index in [-0.39, 0.29) is 147 Å². The van der Waals surface area contributed by atoms with Gasteiger partial charge in [0.2, 0.25) is 0 Å². The van der Waals surface area contributed by atoms with Gasteiger partial charge in [-0.05, 0) is 176 Å². The number of carbonyl (C=O) groups is 4. The topological polar surface area (TPSA) is 260 Å². The van der Waals surface area contributed by atoms with Gasteiger partial charge in [-0.2, -0.15) is 35.1 Å². The largest absolute Gasteiger partial charge is 0.512 e. The Morgan fingerprint density at radius 1 is 0.417 bits per heavy atom. The number of aromatic nitrogens is 6. The molecule has 0 aliphatic rings. The molecule has 18 rings (SSSR count). The second kappa shape index (κ2) is 53.6. The van der Waals surface area contributed by atoms with Crippen molar-refractivity contribution in [2.24, 2.45) is 0 Å². The summed E-state index contributed by atoms with van der Waals surface area (Å²) in [4.78, 5) is 82.0. The SMILES string of the molecule is CC(=O)C=C(C)O.CC(=O)C=C(C)O.CC(=O)C=C(C)O.CC(=O)C=C(C)O.CN(C)c1ccc2[c-]c(-c3nc4ccccc4s3)c(=O)oc2c1.[Ir].[Ir].[Ir].[Ir].[Ir].[c-]1cc2ccccc2cc1-c1nccc2ccccc12.[c-]1ccc2ccccc2c1-c1cc2ccccc2cn1.[c-]1ccsc1-c1nccc2ccccc12.[c-]1cnccc1-c1nccc2ccccc12. The Bertz CT molecular complexity index is 6550. The number of hydrogen-bond acceptors (Lipinski definition) is 19. The van der Waals surface area contributed by atoms with Gasteiger partial charge < -0.3 is 49.7 Å². The number of ketones is 4. The van der Waals surface area contributed by atoms with Gasteiger partial charge in [-0.25, -0.2) is 11.3 Å². The van der Waals surface area contributed by atoms with Gasteiger partial charge in [-0.1, -0.05) is 191 Å². The number of pyridine rings is 5. The molecule has 0 aliphatic carbocycles. The van der Waals surface area contributed by atoms with E-state index in [1.807, 2.05) is 170 Å². The molecule has 18 aromatic rings. The zero-order valence-electron chi connectivity index (χ0n) is 70.4.